The van der Waals surface area contributed by atoms with Gasteiger partial charge in [0.05, 0.1) is 25.9 Å². The number of ketones is 1. The highest BCUT2D eigenvalue weighted by atomic mass is 35.5. The Bertz CT molecular complexity index is 1030. The molecule has 1 aliphatic heterocycles. The van der Waals surface area contributed by atoms with E-state index in [1.54, 1.807) is 6.92 Å². The molecule has 2 N–H and O–H groups in total. The minimum atomic E-state index is -0.687. The van der Waals surface area contributed by atoms with Crippen molar-refractivity contribution in [3.8, 4) is 0 Å². The molecule has 0 aromatic heterocycles. The molecular weight excluding hydrogens is 568 g/mol. The summed E-state index contributed by atoms with van der Waals surface area (Å²) >= 11 is 6.33. The van der Waals surface area contributed by atoms with Gasteiger partial charge in [-0.25, -0.2) is 4.79 Å². The first-order valence-corrected chi connectivity index (χ1v) is 16.6. The first kappa shape index (κ1) is 35.3. The van der Waals surface area contributed by atoms with Gasteiger partial charge in [0.15, 0.2) is 0 Å². The van der Waals surface area contributed by atoms with Gasteiger partial charge in [-0.1, -0.05) is 69.7 Å². The van der Waals surface area contributed by atoms with Gasteiger partial charge in [0.2, 0.25) is 5.91 Å². The van der Waals surface area contributed by atoms with Gasteiger partial charge in [-0.2, -0.15) is 0 Å². The molecule has 1 heterocycles. The van der Waals surface area contributed by atoms with E-state index in [0.717, 1.165) is 37.7 Å². The Morgan fingerprint density at radius 3 is 2.51 bits per heavy atom. The second-order valence-electron chi connectivity index (χ2n) is 13.0. The van der Waals surface area contributed by atoms with Gasteiger partial charge in [-0.3, -0.25) is 9.59 Å². The lowest BCUT2D eigenvalue weighted by atomic mass is 9.76. The molecule has 1 saturated heterocycles. The van der Waals surface area contributed by atoms with E-state index in [2.05, 4.69) is 10.1 Å². The fourth-order valence-corrected chi connectivity index (χ4v) is 7.22. The van der Waals surface area contributed by atoms with Crippen molar-refractivity contribution >= 4 is 29.4 Å². The summed E-state index contributed by atoms with van der Waals surface area (Å²) in [5, 5.41) is 14.7. The molecule has 242 valence electrons. The molecule has 2 aliphatic rings. The lowest BCUT2D eigenvalue weighted by molar-refractivity contribution is -0.137. The number of carbonyl (C=O) groups excluding carboxylic acids is 3. The van der Waals surface area contributed by atoms with Crippen molar-refractivity contribution in [3.63, 3.8) is 0 Å². The number of aliphatic hydroxyl groups excluding tert-OH is 1. The number of amides is 2. The molecule has 2 fully saturated rings. The molecule has 8 nitrogen and oxygen atoms in total. The maximum absolute atomic E-state index is 13.9. The van der Waals surface area contributed by atoms with Crippen molar-refractivity contribution in [3.05, 3.63) is 34.9 Å². The number of ether oxygens (including phenoxy) is 2. The van der Waals surface area contributed by atoms with Gasteiger partial charge in [-0.05, 0) is 68.1 Å². The maximum Gasteiger partial charge on any atom is 0.406 e. The average Bonchev–Trinajstić information content (AvgIpc) is 2.99. The second kappa shape index (κ2) is 18.0. The summed E-state index contributed by atoms with van der Waals surface area (Å²) in [4.78, 5) is 39.6. The first-order chi connectivity index (χ1) is 20.6. The van der Waals surface area contributed by atoms with Crippen molar-refractivity contribution < 1.29 is 29.0 Å². The molecule has 1 aromatic rings. The number of hydrogen-bond acceptors (Lipinski definition) is 6. The number of methoxy groups -OCH3 is 1. The van der Waals surface area contributed by atoms with Crippen LogP contribution in [0.1, 0.15) is 96.6 Å². The third-order valence-electron chi connectivity index (χ3n) is 9.43. The van der Waals surface area contributed by atoms with E-state index in [-0.39, 0.29) is 41.5 Å². The van der Waals surface area contributed by atoms with Crippen LogP contribution >= 0.6 is 11.6 Å². The van der Waals surface area contributed by atoms with Crippen molar-refractivity contribution in [1.82, 2.24) is 10.2 Å². The number of likely N-dealkylation sites (tertiary alicyclic amines) is 1. The number of rotatable bonds is 15. The van der Waals surface area contributed by atoms with Gasteiger partial charge in [0.25, 0.3) is 0 Å². The normalized spacial score (nSPS) is 20.7. The van der Waals surface area contributed by atoms with E-state index < -0.39 is 12.2 Å². The Hall–Kier alpha value is -2.16. The van der Waals surface area contributed by atoms with Crippen LogP contribution in [-0.4, -0.2) is 67.2 Å². The molecule has 9 heteroatoms. The molecule has 43 heavy (non-hydrogen) atoms. The molecule has 0 spiro atoms. The van der Waals surface area contributed by atoms with Crippen LogP contribution in [0.3, 0.4) is 0 Å². The second-order valence-corrected chi connectivity index (χ2v) is 13.4. The predicted octanol–water partition coefficient (Wildman–Crippen LogP) is 6.58. The van der Waals surface area contributed by atoms with E-state index in [9.17, 15) is 19.5 Å². The van der Waals surface area contributed by atoms with Gasteiger partial charge in [-0.15, -0.1) is 0 Å². The van der Waals surface area contributed by atoms with Crippen LogP contribution in [0.5, 0.6) is 0 Å². The van der Waals surface area contributed by atoms with Crippen LogP contribution in [0.4, 0.5) is 4.79 Å². The molecular formula is C34H53ClN2O6. The Kier molecular flexibility index (Phi) is 14.8. The SMILES string of the molecule is COC(=O)NCCOC(c1cccc(Cl)c1)C1CCCN(C(=O)CC(CC2CCCCC2)C(O)CC(C(C)=O)C(C)C)C1. The number of halogens is 1. The third-order valence-corrected chi connectivity index (χ3v) is 9.67. The summed E-state index contributed by atoms with van der Waals surface area (Å²) in [5.74, 6) is 0.509. The number of alkyl carbamates (subject to hydrolysis) is 1. The average molecular weight is 621 g/mol. The number of benzene rings is 1. The summed E-state index contributed by atoms with van der Waals surface area (Å²) in [7, 11) is 1.32. The minimum Gasteiger partial charge on any atom is -0.453 e. The zero-order valence-corrected chi connectivity index (χ0v) is 27.3. The maximum atomic E-state index is 13.9. The summed E-state index contributed by atoms with van der Waals surface area (Å²) < 4.78 is 11.0. The van der Waals surface area contributed by atoms with Crippen LogP contribution in [0.15, 0.2) is 24.3 Å². The molecule has 0 bridgehead atoms. The van der Waals surface area contributed by atoms with E-state index in [0.29, 0.717) is 50.0 Å². The summed E-state index contributed by atoms with van der Waals surface area (Å²) in [6.07, 6.45) is 7.75. The molecule has 1 aliphatic carbocycles. The third kappa shape index (κ3) is 11.4. The Morgan fingerprint density at radius 2 is 1.86 bits per heavy atom. The highest BCUT2D eigenvalue weighted by molar-refractivity contribution is 6.30. The predicted molar refractivity (Wildman–Crippen MR) is 169 cm³/mol. The Morgan fingerprint density at radius 1 is 1.12 bits per heavy atom. The fraction of sp³-hybridized carbons (Fsp3) is 0.735. The molecule has 2 amide bonds. The molecule has 1 saturated carbocycles. The Labute approximate surface area is 263 Å². The fourth-order valence-electron chi connectivity index (χ4n) is 7.02. The molecule has 5 unspecified atom stereocenters. The smallest absolute Gasteiger partial charge is 0.406 e. The lowest BCUT2D eigenvalue weighted by Gasteiger charge is -2.38. The number of carbonyl (C=O) groups is 3. The largest absolute Gasteiger partial charge is 0.453 e. The van der Waals surface area contributed by atoms with Crippen molar-refractivity contribution in [2.24, 2.45) is 29.6 Å². The van der Waals surface area contributed by atoms with Crippen LogP contribution in [0.25, 0.3) is 0 Å². The van der Waals surface area contributed by atoms with Crippen molar-refractivity contribution in [2.45, 2.75) is 97.2 Å². The summed E-state index contributed by atoms with van der Waals surface area (Å²) in [6.45, 7) is 7.48. The minimum absolute atomic E-state index is 0.0547. The number of hydrogen-bond donors (Lipinski definition) is 2. The number of nitrogens with zero attached hydrogens (tertiary/aromatic N) is 1. The van der Waals surface area contributed by atoms with Crippen molar-refractivity contribution in [2.75, 3.05) is 33.4 Å². The van der Waals surface area contributed by atoms with Crippen LogP contribution < -0.4 is 5.32 Å². The number of aliphatic hydroxyl groups is 1. The molecule has 5 atom stereocenters. The molecule has 1 aromatic carbocycles. The van der Waals surface area contributed by atoms with Gasteiger partial charge in [0, 0.05) is 42.9 Å². The zero-order chi connectivity index (χ0) is 31.4. The summed E-state index contributed by atoms with van der Waals surface area (Å²) in [6, 6.07) is 7.61. The summed E-state index contributed by atoms with van der Waals surface area (Å²) in [5.41, 5.74) is 0.944. The van der Waals surface area contributed by atoms with Gasteiger partial charge in [0.1, 0.15) is 5.78 Å². The van der Waals surface area contributed by atoms with E-state index in [4.69, 9.17) is 16.3 Å². The van der Waals surface area contributed by atoms with E-state index >= 15 is 0 Å². The quantitative estimate of drug-likeness (QED) is 0.215. The number of nitrogens with one attached hydrogen (secondary N) is 1. The topological polar surface area (TPSA) is 105 Å². The first-order valence-electron chi connectivity index (χ1n) is 16.2. The van der Waals surface area contributed by atoms with Crippen molar-refractivity contribution in [1.29, 1.82) is 0 Å². The number of piperidine rings is 1. The lowest BCUT2D eigenvalue weighted by Crippen LogP contribution is -2.44. The Balaban J connectivity index is 1.72. The van der Waals surface area contributed by atoms with E-state index in [1.165, 1.54) is 26.4 Å². The highest BCUT2D eigenvalue weighted by Gasteiger charge is 2.35. The molecule has 3 rings (SSSR count). The highest BCUT2D eigenvalue weighted by Crippen LogP contribution is 2.37. The zero-order valence-electron chi connectivity index (χ0n) is 26.6. The molecule has 0 radical (unpaired) electrons. The van der Waals surface area contributed by atoms with Gasteiger partial charge >= 0.3 is 6.09 Å². The monoisotopic (exact) mass is 620 g/mol. The number of Topliss-reactive ketones (excluding diaryl/α,β-unsaturated/α-hetero) is 1. The van der Waals surface area contributed by atoms with E-state index in [1.807, 2.05) is 43.0 Å². The standard InChI is InChI=1S/C34H53ClN2O6/c1-23(2)30(24(3)38)21-31(39)28(18-25-10-6-5-7-11-25)20-32(40)37-16-9-13-27(22-37)33(26-12-8-14-29(35)19-26)43-17-15-36-34(41)42-4/h8,12,14,19,23,25,27-28,30-31,33,39H,5-7,9-11,13,15-18,20-22H2,1-4H3,(H,36,41). The van der Waals surface area contributed by atoms with Crippen LogP contribution in [-0.2, 0) is 19.1 Å². The van der Waals surface area contributed by atoms with Crippen LogP contribution in [0, 0.1) is 29.6 Å². The van der Waals surface area contributed by atoms with Crippen LogP contribution in [0.2, 0.25) is 5.02 Å². The van der Waals surface area contributed by atoms with Gasteiger partial charge < -0.3 is 24.8 Å².